The molecular formula is C12H17N3O2. The van der Waals surface area contributed by atoms with E-state index in [4.69, 9.17) is 0 Å². The molecule has 2 amide bonds. The van der Waals surface area contributed by atoms with Crippen LogP contribution in [0.2, 0.25) is 0 Å². The lowest BCUT2D eigenvalue weighted by atomic mass is 10.2. The second kappa shape index (κ2) is 4.71. The number of rotatable bonds is 4. The van der Waals surface area contributed by atoms with Crippen LogP contribution in [-0.4, -0.2) is 34.4 Å². The molecule has 1 N–H and O–H groups in total. The lowest BCUT2D eigenvalue weighted by Crippen LogP contribution is -2.37. The highest BCUT2D eigenvalue weighted by Gasteiger charge is 2.35. The Balaban J connectivity index is 1.95. The summed E-state index contributed by atoms with van der Waals surface area (Å²) in [4.78, 5) is 24.2. The van der Waals surface area contributed by atoms with Gasteiger partial charge in [-0.25, -0.2) is 0 Å². The molecule has 1 atom stereocenters. The molecule has 92 valence electrons. The number of hydrogen-bond donors (Lipinski definition) is 1. The minimum atomic E-state index is -0.368. The summed E-state index contributed by atoms with van der Waals surface area (Å²) in [5, 5.41) is 3.14. The molecule has 1 aliphatic rings. The van der Waals surface area contributed by atoms with Gasteiger partial charge in [0.25, 0.3) is 0 Å². The van der Waals surface area contributed by atoms with Gasteiger partial charge in [0.2, 0.25) is 11.8 Å². The average molecular weight is 235 g/mol. The van der Waals surface area contributed by atoms with Gasteiger partial charge in [-0.3, -0.25) is 19.8 Å². The number of amides is 2. The largest absolute Gasteiger partial charge is 0.351 e. The number of aromatic nitrogens is 1. The molecule has 0 aromatic carbocycles. The third-order valence-corrected chi connectivity index (χ3v) is 3.18. The number of carbonyl (C=O) groups excluding carboxylic acids is 2. The first-order valence-corrected chi connectivity index (χ1v) is 5.81. The summed E-state index contributed by atoms with van der Waals surface area (Å²) in [6, 6.07) is 3.63. The Labute approximate surface area is 100 Å². The van der Waals surface area contributed by atoms with Crippen LogP contribution in [0.3, 0.4) is 0 Å². The zero-order valence-electron chi connectivity index (χ0n) is 10.1. The van der Waals surface area contributed by atoms with Crippen LogP contribution in [0.5, 0.6) is 0 Å². The topological polar surface area (TPSA) is 54.3 Å². The summed E-state index contributed by atoms with van der Waals surface area (Å²) in [5.41, 5.74) is 1.13. The normalized spacial score (nSPS) is 20.4. The minimum absolute atomic E-state index is 0.113. The molecule has 0 bridgehead atoms. The number of nitrogens with one attached hydrogen (secondary N) is 1. The Hall–Kier alpha value is -1.62. The van der Waals surface area contributed by atoms with E-state index in [1.165, 1.54) is 11.9 Å². The monoisotopic (exact) mass is 235 g/mol. The molecule has 0 saturated carbocycles. The van der Waals surface area contributed by atoms with E-state index in [9.17, 15) is 9.59 Å². The van der Waals surface area contributed by atoms with E-state index in [-0.39, 0.29) is 24.3 Å². The summed E-state index contributed by atoms with van der Waals surface area (Å²) in [6.45, 7) is 3.58. The van der Waals surface area contributed by atoms with Gasteiger partial charge in [-0.15, -0.1) is 0 Å². The third kappa shape index (κ3) is 2.24. The molecule has 1 aromatic heterocycles. The fraction of sp³-hybridized carbons (Fsp3) is 0.500. The zero-order chi connectivity index (χ0) is 12.4. The highest BCUT2D eigenvalue weighted by molar-refractivity contribution is 6.05. The van der Waals surface area contributed by atoms with Crippen LogP contribution in [0, 0.1) is 0 Å². The van der Waals surface area contributed by atoms with Crippen LogP contribution in [0.15, 0.2) is 18.3 Å². The molecular weight excluding hydrogens is 218 g/mol. The second-order valence-electron chi connectivity index (χ2n) is 4.21. The van der Waals surface area contributed by atoms with Gasteiger partial charge in [0, 0.05) is 32.0 Å². The molecule has 1 aliphatic heterocycles. The zero-order valence-corrected chi connectivity index (χ0v) is 10.1. The molecule has 0 spiro atoms. The van der Waals surface area contributed by atoms with Crippen molar-refractivity contribution in [1.29, 1.82) is 0 Å². The molecule has 1 aromatic rings. The Morgan fingerprint density at radius 3 is 2.82 bits per heavy atom. The maximum Gasteiger partial charge on any atom is 0.246 e. The Morgan fingerprint density at radius 1 is 1.47 bits per heavy atom. The lowest BCUT2D eigenvalue weighted by molar-refractivity contribution is -0.137. The molecule has 17 heavy (non-hydrogen) atoms. The van der Waals surface area contributed by atoms with E-state index < -0.39 is 0 Å². The van der Waals surface area contributed by atoms with E-state index in [0.29, 0.717) is 6.54 Å². The van der Waals surface area contributed by atoms with Gasteiger partial charge < -0.3 is 4.57 Å². The van der Waals surface area contributed by atoms with Gasteiger partial charge in [-0.2, -0.15) is 0 Å². The Morgan fingerprint density at radius 2 is 2.24 bits per heavy atom. The van der Waals surface area contributed by atoms with Crippen molar-refractivity contribution in [1.82, 2.24) is 14.8 Å². The lowest BCUT2D eigenvalue weighted by Gasteiger charge is -2.12. The number of nitrogens with zero attached hydrogens (tertiary/aromatic N) is 2. The van der Waals surface area contributed by atoms with E-state index >= 15 is 0 Å². The predicted molar refractivity (Wildman–Crippen MR) is 63.1 cm³/mol. The SMILES string of the molecule is CCn1cccc1CNC1CC(=O)N(C)C1=O. The van der Waals surface area contributed by atoms with Gasteiger partial charge in [0.05, 0.1) is 12.5 Å². The Kier molecular flexibility index (Phi) is 3.28. The first-order valence-electron chi connectivity index (χ1n) is 5.81. The summed E-state index contributed by atoms with van der Waals surface area (Å²) in [7, 11) is 1.53. The number of likely N-dealkylation sites (tertiary alicyclic amines) is 1. The smallest absolute Gasteiger partial charge is 0.246 e. The van der Waals surface area contributed by atoms with Crippen LogP contribution < -0.4 is 5.32 Å². The van der Waals surface area contributed by atoms with Crippen molar-refractivity contribution in [2.24, 2.45) is 0 Å². The summed E-state index contributed by atoms with van der Waals surface area (Å²) < 4.78 is 2.11. The van der Waals surface area contributed by atoms with Crippen LogP contribution in [-0.2, 0) is 22.7 Å². The van der Waals surface area contributed by atoms with Gasteiger partial charge in [-0.1, -0.05) is 0 Å². The second-order valence-corrected chi connectivity index (χ2v) is 4.21. The molecule has 0 radical (unpaired) electrons. The number of hydrogen-bond acceptors (Lipinski definition) is 3. The number of imide groups is 1. The fourth-order valence-electron chi connectivity index (χ4n) is 2.06. The highest BCUT2D eigenvalue weighted by Crippen LogP contribution is 2.11. The Bertz CT molecular complexity index is 439. The molecule has 2 heterocycles. The van der Waals surface area contributed by atoms with Crippen LogP contribution in [0.25, 0.3) is 0 Å². The van der Waals surface area contributed by atoms with E-state index in [2.05, 4.69) is 16.8 Å². The standard InChI is InChI=1S/C12H17N3O2/c1-3-15-6-4-5-9(15)8-13-10-7-11(16)14(2)12(10)17/h4-6,10,13H,3,7-8H2,1-2H3. The fourth-order valence-corrected chi connectivity index (χ4v) is 2.06. The molecule has 1 saturated heterocycles. The maximum atomic E-state index is 11.7. The van der Waals surface area contributed by atoms with Crippen molar-refractivity contribution >= 4 is 11.8 Å². The van der Waals surface area contributed by atoms with Gasteiger partial charge in [0.15, 0.2) is 0 Å². The van der Waals surface area contributed by atoms with Crippen molar-refractivity contribution in [2.45, 2.75) is 32.5 Å². The highest BCUT2D eigenvalue weighted by atomic mass is 16.2. The van der Waals surface area contributed by atoms with E-state index in [1.807, 2.05) is 18.3 Å². The minimum Gasteiger partial charge on any atom is -0.351 e. The molecule has 1 unspecified atom stereocenters. The van der Waals surface area contributed by atoms with Crippen LogP contribution >= 0.6 is 0 Å². The number of likely N-dealkylation sites (N-methyl/N-ethyl adjacent to an activating group) is 1. The average Bonchev–Trinajstić information content (AvgIpc) is 2.87. The molecule has 1 fully saturated rings. The predicted octanol–water partition coefficient (Wildman–Crippen LogP) is 0.355. The summed E-state index contributed by atoms with van der Waals surface area (Å²) in [5.74, 6) is -0.247. The summed E-state index contributed by atoms with van der Waals surface area (Å²) >= 11 is 0. The van der Waals surface area contributed by atoms with Crippen molar-refractivity contribution in [2.75, 3.05) is 7.05 Å². The molecule has 2 rings (SSSR count). The van der Waals surface area contributed by atoms with Gasteiger partial charge in [0.1, 0.15) is 0 Å². The first kappa shape index (κ1) is 11.9. The van der Waals surface area contributed by atoms with Crippen molar-refractivity contribution < 1.29 is 9.59 Å². The van der Waals surface area contributed by atoms with Crippen molar-refractivity contribution in [3.05, 3.63) is 24.0 Å². The number of carbonyl (C=O) groups is 2. The van der Waals surface area contributed by atoms with Crippen LogP contribution in [0.4, 0.5) is 0 Å². The quantitative estimate of drug-likeness (QED) is 0.766. The summed E-state index contributed by atoms with van der Waals surface area (Å²) in [6.07, 6.45) is 2.27. The molecule has 0 aliphatic carbocycles. The first-order chi connectivity index (χ1) is 8.13. The van der Waals surface area contributed by atoms with E-state index in [0.717, 1.165) is 12.2 Å². The third-order valence-electron chi connectivity index (χ3n) is 3.18. The molecule has 5 heteroatoms. The van der Waals surface area contributed by atoms with Gasteiger partial charge >= 0.3 is 0 Å². The van der Waals surface area contributed by atoms with Crippen molar-refractivity contribution in [3.63, 3.8) is 0 Å². The van der Waals surface area contributed by atoms with Crippen LogP contribution in [0.1, 0.15) is 19.0 Å². The number of aryl methyl sites for hydroxylation is 1. The van der Waals surface area contributed by atoms with Crippen molar-refractivity contribution in [3.8, 4) is 0 Å². The maximum absolute atomic E-state index is 11.7. The molecule has 5 nitrogen and oxygen atoms in total. The van der Waals surface area contributed by atoms with Gasteiger partial charge in [-0.05, 0) is 19.1 Å². The van der Waals surface area contributed by atoms with E-state index in [1.54, 1.807) is 0 Å².